The average molecular weight is 331 g/mol. The van der Waals surface area contributed by atoms with Crippen molar-refractivity contribution in [2.24, 2.45) is 0 Å². The highest BCUT2D eigenvalue weighted by atomic mass is 19.1. The summed E-state index contributed by atoms with van der Waals surface area (Å²) in [6.07, 6.45) is 5.64. The summed E-state index contributed by atoms with van der Waals surface area (Å²) in [6.45, 7) is 5.62. The summed E-state index contributed by atoms with van der Waals surface area (Å²) >= 11 is 0. The quantitative estimate of drug-likeness (QED) is 0.834. The number of rotatable bonds is 2. The maximum atomic E-state index is 14.5. The van der Waals surface area contributed by atoms with Gasteiger partial charge in [-0.3, -0.25) is 9.69 Å². The molecule has 0 aromatic heterocycles. The third kappa shape index (κ3) is 3.02. The lowest BCUT2D eigenvalue weighted by Crippen LogP contribution is -2.39. The summed E-state index contributed by atoms with van der Waals surface area (Å²) in [4.78, 5) is 19.4. The van der Waals surface area contributed by atoms with Crippen molar-refractivity contribution >= 4 is 11.6 Å². The molecule has 24 heavy (non-hydrogen) atoms. The van der Waals surface area contributed by atoms with Crippen molar-refractivity contribution in [3.05, 3.63) is 29.6 Å². The summed E-state index contributed by atoms with van der Waals surface area (Å²) < 4.78 is 14.5. The van der Waals surface area contributed by atoms with Gasteiger partial charge in [-0.05, 0) is 56.8 Å². The molecule has 1 atom stereocenters. The fourth-order valence-electron chi connectivity index (χ4n) is 4.43. The molecule has 1 amide bonds. The van der Waals surface area contributed by atoms with E-state index in [4.69, 9.17) is 0 Å². The summed E-state index contributed by atoms with van der Waals surface area (Å²) in [5.74, 6) is -0.282. The first-order valence-electron chi connectivity index (χ1n) is 9.30. The van der Waals surface area contributed by atoms with Gasteiger partial charge in [-0.15, -0.1) is 0 Å². The molecule has 0 aliphatic carbocycles. The van der Waals surface area contributed by atoms with Gasteiger partial charge in [0.25, 0.3) is 5.91 Å². The number of carbonyl (C=O) groups is 1. The third-order valence-corrected chi connectivity index (χ3v) is 5.73. The van der Waals surface area contributed by atoms with E-state index < -0.39 is 0 Å². The van der Waals surface area contributed by atoms with E-state index in [9.17, 15) is 9.18 Å². The number of anilines is 1. The van der Waals surface area contributed by atoms with Gasteiger partial charge in [0.2, 0.25) is 0 Å². The molecule has 3 aliphatic rings. The Morgan fingerprint density at radius 2 is 1.79 bits per heavy atom. The van der Waals surface area contributed by atoms with E-state index in [-0.39, 0.29) is 11.7 Å². The SMILES string of the molecule is O=C(c1ccc(N2CCCC2)c(F)c1)N1CCCN2CCC[C@@H]2C1. The minimum absolute atomic E-state index is 0.0179. The molecular weight excluding hydrogens is 305 g/mol. The topological polar surface area (TPSA) is 26.8 Å². The van der Waals surface area contributed by atoms with Gasteiger partial charge in [0, 0.05) is 44.3 Å². The molecule has 0 radical (unpaired) electrons. The molecule has 1 aromatic rings. The Labute approximate surface area is 143 Å². The second-order valence-corrected chi connectivity index (χ2v) is 7.30. The van der Waals surface area contributed by atoms with Gasteiger partial charge in [-0.1, -0.05) is 0 Å². The Balaban J connectivity index is 1.50. The maximum Gasteiger partial charge on any atom is 0.254 e. The van der Waals surface area contributed by atoms with E-state index in [1.165, 1.54) is 18.9 Å². The van der Waals surface area contributed by atoms with Crippen molar-refractivity contribution in [3.63, 3.8) is 0 Å². The van der Waals surface area contributed by atoms with Crippen LogP contribution in [0.4, 0.5) is 10.1 Å². The van der Waals surface area contributed by atoms with E-state index in [2.05, 4.69) is 9.80 Å². The maximum absolute atomic E-state index is 14.5. The first-order chi connectivity index (χ1) is 11.7. The smallest absolute Gasteiger partial charge is 0.254 e. The van der Waals surface area contributed by atoms with Crippen LogP contribution in [0.3, 0.4) is 0 Å². The Bertz CT molecular complexity index is 615. The lowest BCUT2D eigenvalue weighted by atomic mass is 10.1. The summed E-state index contributed by atoms with van der Waals surface area (Å²) in [5, 5.41) is 0. The number of benzene rings is 1. The summed E-state index contributed by atoms with van der Waals surface area (Å²) in [5.41, 5.74) is 1.13. The van der Waals surface area contributed by atoms with Crippen LogP contribution in [0.25, 0.3) is 0 Å². The molecule has 3 heterocycles. The van der Waals surface area contributed by atoms with Crippen LogP contribution in [-0.4, -0.2) is 61.0 Å². The Hall–Kier alpha value is -1.62. The molecule has 0 spiro atoms. The molecule has 3 fully saturated rings. The fourth-order valence-corrected chi connectivity index (χ4v) is 4.43. The van der Waals surface area contributed by atoms with Gasteiger partial charge in [0.05, 0.1) is 5.69 Å². The predicted molar refractivity (Wildman–Crippen MR) is 93.0 cm³/mol. The van der Waals surface area contributed by atoms with Crippen LogP contribution < -0.4 is 4.90 Å². The molecule has 0 bridgehead atoms. The van der Waals surface area contributed by atoms with Crippen LogP contribution in [0.1, 0.15) is 42.5 Å². The van der Waals surface area contributed by atoms with Crippen molar-refractivity contribution in [1.82, 2.24) is 9.80 Å². The van der Waals surface area contributed by atoms with Gasteiger partial charge >= 0.3 is 0 Å². The molecule has 4 rings (SSSR count). The normalized spacial score (nSPS) is 25.0. The Kier molecular flexibility index (Phi) is 4.44. The number of carbonyl (C=O) groups excluding carboxylic acids is 1. The number of nitrogens with zero attached hydrogens (tertiary/aromatic N) is 3. The van der Waals surface area contributed by atoms with Gasteiger partial charge < -0.3 is 9.80 Å². The number of halogens is 1. The molecule has 0 N–H and O–H groups in total. The first kappa shape index (κ1) is 15.9. The number of amides is 1. The second-order valence-electron chi connectivity index (χ2n) is 7.30. The zero-order chi connectivity index (χ0) is 16.5. The summed E-state index contributed by atoms with van der Waals surface area (Å²) in [6, 6.07) is 5.52. The van der Waals surface area contributed by atoms with Crippen LogP contribution in [0.5, 0.6) is 0 Å². The van der Waals surface area contributed by atoms with Crippen molar-refractivity contribution in [1.29, 1.82) is 0 Å². The predicted octanol–water partition coefficient (Wildman–Crippen LogP) is 2.74. The molecule has 1 aromatic carbocycles. The van der Waals surface area contributed by atoms with Crippen molar-refractivity contribution in [2.75, 3.05) is 44.2 Å². The molecular formula is C19H26FN3O. The average Bonchev–Trinajstić information content (AvgIpc) is 3.22. The van der Waals surface area contributed by atoms with Crippen LogP contribution in [0, 0.1) is 5.82 Å². The van der Waals surface area contributed by atoms with E-state index in [0.29, 0.717) is 17.3 Å². The Morgan fingerprint density at radius 1 is 1.00 bits per heavy atom. The third-order valence-electron chi connectivity index (χ3n) is 5.73. The highest BCUT2D eigenvalue weighted by Gasteiger charge is 2.31. The van der Waals surface area contributed by atoms with Crippen LogP contribution in [-0.2, 0) is 0 Å². The molecule has 0 unspecified atom stereocenters. The van der Waals surface area contributed by atoms with E-state index in [1.807, 2.05) is 4.90 Å². The number of hydrogen-bond acceptors (Lipinski definition) is 3. The van der Waals surface area contributed by atoms with Gasteiger partial charge in [0.1, 0.15) is 5.82 Å². The summed E-state index contributed by atoms with van der Waals surface area (Å²) in [7, 11) is 0. The molecule has 130 valence electrons. The van der Waals surface area contributed by atoms with Crippen molar-refractivity contribution in [2.45, 2.75) is 38.1 Å². The minimum Gasteiger partial charge on any atom is -0.369 e. The van der Waals surface area contributed by atoms with E-state index in [1.54, 1.807) is 12.1 Å². The molecule has 4 nitrogen and oxygen atoms in total. The van der Waals surface area contributed by atoms with Crippen LogP contribution in [0.2, 0.25) is 0 Å². The standard InChI is InChI=1S/C19H26FN3O/c20-17-13-15(6-7-18(17)22-8-1-2-9-22)19(24)23-12-4-11-21-10-3-5-16(21)14-23/h6-7,13,16H,1-5,8-12,14H2/t16-/m1/s1. The largest absolute Gasteiger partial charge is 0.369 e. The number of hydrogen-bond donors (Lipinski definition) is 0. The van der Waals surface area contributed by atoms with Crippen molar-refractivity contribution < 1.29 is 9.18 Å². The second kappa shape index (κ2) is 6.71. The van der Waals surface area contributed by atoms with Gasteiger partial charge in [0.15, 0.2) is 0 Å². The van der Waals surface area contributed by atoms with Gasteiger partial charge in [-0.25, -0.2) is 4.39 Å². The zero-order valence-corrected chi connectivity index (χ0v) is 14.2. The first-order valence-corrected chi connectivity index (χ1v) is 9.30. The lowest BCUT2D eigenvalue weighted by molar-refractivity contribution is 0.0743. The van der Waals surface area contributed by atoms with Crippen LogP contribution in [0.15, 0.2) is 18.2 Å². The molecule has 3 saturated heterocycles. The number of fused-ring (bicyclic) bond motifs is 1. The Morgan fingerprint density at radius 3 is 2.58 bits per heavy atom. The van der Waals surface area contributed by atoms with E-state index >= 15 is 0 Å². The van der Waals surface area contributed by atoms with Crippen molar-refractivity contribution in [3.8, 4) is 0 Å². The highest BCUT2D eigenvalue weighted by Crippen LogP contribution is 2.26. The molecule has 5 heteroatoms. The monoisotopic (exact) mass is 331 g/mol. The molecule has 3 aliphatic heterocycles. The van der Waals surface area contributed by atoms with E-state index in [0.717, 1.165) is 58.5 Å². The lowest BCUT2D eigenvalue weighted by Gasteiger charge is -2.26. The molecule has 0 saturated carbocycles. The zero-order valence-electron chi connectivity index (χ0n) is 14.2. The van der Waals surface area contributed by atoms with Crippen LogP contribution >= 0.6 is 0 Å². The fraction of sp³-hybridized carbons (Fsp3) is 0.632. The van der Waals surface area contributed by atoms with Gasteiger partial charge in [-0.2, -0.15) is 0 Å². The minimum atomic E-state index is -0.264. The highest BCUT2D eigenvalue weighted by molar-refractivity contribution is 5.94.